The van der Waals surface area contributed by atoms with E-state index in [0.29, 0.717) is 43.7 Å². The number of likely N-dealkylation sites (N-methyl/N-ethyl adjacent to an activating group) is 1. The molecule has 1 fully saturated rings. The average Bonchev–Trinajstić information content (AvgIpc) is 3.10. The van der Waals surface area contributed by atoms with Gasteiger partial charge in [0.25, 0.3) is 5.91 Å². The largest absolute Gasteiger partial charge is 0.493 e. The van der Waals surface area contributed by atoms with Crippen molar-refractivity contribution < 1.29 is 33.7 Å². The summed E-state index contributed by atoms with van der Waals surface area (Å²) in [7, 11) is 2.74. The highest BCUT2D eigenvalue weighted by Gasteiger charge is 2.32. The highest BCUT2D eigenvalue weighted by atomic mass is 79.9. The van der Waals surface area contributed by atoms with Gasteiger partial charge in [0, 0.05) is 6.54 Å². The maximum atomic E-state index is 13.0. The van der Waals surface area contributed by atoms with Crippen LogP contribution in [0.15, 0.2) is 50.8 Å². The smallest absolute Gasteiger partial charge is 0.341 e. The van der Waals surface area contributed by atoms with Crippen LogP contribution in [0.1, 0.15) is 22.8 Å². The van der Waals surface area contributed by atoms with Gasteiger partial charge >= 0.3 is 11.9 Å². The Morgan fingerprint density at radius 2 is 2.00 bits per heavy atom. The van der Waals surface area contributed by atoms with Crippen LogP contribution in [-0.2, 0) is 14.3 Å². The van der Waals surface area contributed by atoms with Crippen molar-refractivity contribution in [3.05, 3.63) is 56.9 Å². The summed E-state index contributed by atoms with van der Waals surface area (Å²) in [4.78, 5) is 42.2. The molecule has 2 aromatic rings. The number of amides is 1. The van der Waals surface area contributed by atoms with E-state index in [-0.39, 0.29) is 11.7 Å². The van der Waals surface area contributed by atoms with Crippen LogP contribution in [0.5, 0.6) is 11.5 Å². The van der Waals surface area contributed by atoms with Crippen LogP contribution in [0, 0.1) is 0 Å². The number of thioether (sulfide) groups is 1. The maximum absolute atomic E-state index is 13.0. The molecular weight excluding hydrogens is 528 g/mol. The zero-order valence-electron chi connectivity index (χ0n) is 18.5. The number of ether oxygens (including phenoxy) is 3. The number of amidine groups is 1. The highest BCUT2D eigenvalue weighted by molar-refractivity contribution is 9.10. The summed E-state index contributed by atoms with van der Waals surface area (Å²) in [5.41, 5.74) is 1.52. The molecule has 1 aliphatic rings. The predicted molar refractivity (Wildman–Crippen MR) is 132 cm³/mol. The molecular formula is C23H21BrN2O7S. The summed E-state index contributed by atoms with van der Waals surface area (Å²) in [5.74, 6) is -1.23. The molecule has 1 saturated heterocycles. The van der Waals surface area contributed by atoms with Crippen LogP contribution in [0.2, 0.25) is 0 Å². The molecule has 0 aromatic heterocycles. The number of hydrogen-bond donors (Lipinski definition) is 1. The first kappa shape index (κ1) is 25.3. The molecule has 0 aliphatic carbocycles. The summed E-state index contributed by atoms with van der Waals surface area (Å²) in [6.07, 6.45) is 1.69. The third kappa shape index (κ3) is 5.78. The summed E-state index contributed by atoms with van der Waals surface area (Å²) in [6, 6.07) is 9.99. The number of methoxy groups -OCH3 is 2. The Morgan fingerprint density at radius 1 is 1.24 bits per heavy atom. The van der Waals surface area contributed by atoms with Crippen LogP contribution in [-0.4, -0.2) is 60.4 Å². The Hall–Kier alpha value is -3.31. The van der Waals surface area contributed by atoms with E-state index in [1.54, 1.807) is 42.5 Å². The SMILES string of the molecule is CCN1C(=O)C(=Cc2cc(Br)c(OCC(=O)O)c(OC)c2)SC1=Nc1cccc(C(=O)OC)c1. The van der Waals surface area contributed by atoms with E-state index in [9.17, 15) is 14.4 Å². The number of aliphatic carboxylic acids is 1. The number of esters is 1. The Bertz CT molecular complexity index is 1200. The van der Waals surface area contributed by atoms with Crippen molar-refractivity contribution in [2.45, 2.75) is 6.92 Å². The Labute approximate surface area is 208 Å². The molecule has 3 rings (SSSR count). The zero-order chi connectivity index (χ0) is 24.8. The topological polar surface area (TPSA) is 115 Å². The third-order valence-electron chi connectivity index (χ3n) is 4.59. The van der Waals surface area contributed by atoms with Crippen molar-refractivity contribution in [2.24, 2.45) is 4.99 Å². The lowest BCUT2D eigenvalue weighted by molar-refractivity contribution is -0.139. The lowest BCUT2D eigenvalue weighted by Gasteiger charge is -2.13. The van der Waals surface area contributed by atoms with Gasteiger partial charge in [-0.1, -0.05) is 6.07 Å². The molecule has 1 aliphatic heterocycles. The fourth-order valence-electron chi connectivity index (χ4n) is 3.05. The normalized spacial score (nSPS) is 15.6. The second-order valence-electron chi connectivity index (χ2n) is 6.81. The number of benzene rings is 2. The Balaban J connectivity index is 1.93. The molecule has 34 heavy (non-hydrogen) atoms. The van der Waals surface area contributed by atoms with Crippen molar-refractivity contribution in [2.75, 3.05) is 27.4 Å². The van der Waals surface area contributed by atoms with Crippen LogP contribution >= 0.6 is 27.7 Å². The van der Waals surface area contributed by atoms with Gasteiger partial charge < -0.3 is 19.3 Å². The quantitative estimate of drug-likeness (QED) is 0.382. The summed E-state index contributed by atoms with van der Waals surface area (Å²) in [6.45, 7) is 1.73. The van der Waals surface area contributed by atoms with Crippen LogP contribution in [0.3, 0.4) is 0 Å². The van der Waals surface area contributed by atoms with Gasteiger partial charge in [0.15, 0.2) is 23.3 Å². The molecule has 1 N–H and O–H groups in total. The highest BCUT2D eigenvalue weighted by Crippen LogP contribution is 2.39. The molecule has 0 atom stereocenters. The van der Waals surface area contributed by atoms with Gasteiger partial charge in [-0.2, -0.15) is 0 Å². The number of carboxylic acids is 1. The minimum absolute atomic E-state index is 0.211. The first-order valence-electron chi connectivity index (χ1n) is 9.98. The van der Waals surface area contributed by atoms with Gasteiger partial charge in [-0.15, -0.1) is 0 Å². The lowest BCUT2D eigenvalue weighted by atomic mass is 10.2. The number of hydrogen-bond acceptors (Lipinski definition) is 8. The number of carbonyl (C=O) groups is 3. The molecule has 0 bridgehead atoms. The predicted octanol–water partition coefficient (Wildman–Crippen LogP) is 4.33. The zero-order valence-corrected chi connectivity index (χ0v) is 20.9. The van der Waals surface area contributed by atoms with E-state index < -0.39 is 18.5 Å². The fraction of sp³-hybridized carbons (Fsp3) is 0.217. The first-order valence-corrected chi connectivity index (χ1v) is 11.6. The van der Waals surface area contributed by atoms with Crippen LogP contribution < -0.4 is 9.47 Å². The van der Waals surface area contributed by atoms with E-state index in [1.807, 2.05) is 6.92 Å². The van der Waals surface area contributed by atoms with Gasteiger partial charge in [-0.05, 0) is 76.6 Å². The van der Waals surface area contributed by atoms with Crippen molar-refractivity contribution in [3.63, 3.8) is 0 Å². The van der Waals surface area contributed by atoms with Gasteiger partial charge in [0.1, 0.15) is 0 Å². The Morgan fingerprint density at radius 3 is 2.65 bits per heavy atom. The van der Waals surface area contributed by atoms with Crippen LogP contribution in [0.4, 0.5) is 5.69 Å². The number of nitrogens with zero attached hydrogens (tertiary/aromatic N) is 2. The number of aliphatic imine (C=N–C) groups is 1. The second kappa shape index (κ2) is 11.2. The van der Waals surface area contributed by atoms with E-state index in [0.717, 1.165) is 0 Å². The van der Waals surface area contributed by atoms with E-state index >= 15 is 0 Å². The number of rotatable bonds is 8. The molecule has 0 spiro atoms. The minimum Gasteiger partial charge on any atom is -0.493 e. The van der Waals surface area contributed by atoms with Gasteiger partial charge in [-0.25, -0.2) is 14.6 Å². The maximum Gasteiger partial charge on any atom is 0.341 e. The average molecular weight is 549 g/mol. The van der Waals surface area contributed by atoms with Crippen molar-refractivity contribution in [3.8, 4) is 11.5 Å². The third-order valence-corrected chi connectivity index (χ3v) is 6.18. The van der Waals surface area contributed by atoms with E-state index in [1.165, 1.54) is 30.9 Å². The Kier molecular flexibility index (Phi) is 8.35. The van der Waals surface area contributed by atoms with Crippen molar-refractivity contribution in [1.29, 1.82) is 0 Å². The molecule has 9 nitrogen and oxygen atoms in total. The molecule has 11 heteroatoms. The molecule has 1 amide bonds. The molecule has 0 unspecified atom stereocenters. The summed E-state index contributed by atoms with van der Waals surface area (Å²) < 4.78 is 15.9. The van der Waals surface area contributed by atoms with Crippen molar-refractivity contribution >= 4 is 62.5 Å². The molecule has 178 valence electrons. The molecule has 0 radical (unpaired) electrons. The van der Waals surface area contributed by atoms with Crippen molar-refractivity contribution in [1.82, 2.24) is 4.90 Å². The van der Waals surface area contributed by atoms with Gasteiger partial charge in [0.2, 0.25) is 0 Å². The lowest BCUT2D eigenvalue weighted by Crippen LogP contribution is -2.28. The fourth-order valence-corrected chi connectivity index (χ4v) is 4.69. The molecule has 1 heterocycles. The number of carbonyl (C=O) groups excluding carboxylic acids is 2. The summed E-state index contributed by atoms with van der Waals surface area (Å²) >= 11 is 4.57. The van der Waals surface area contributed by atoms with Gasteiger partial charge in [-0.3, -0.25) is 9.69 Å². The standard InChI is InChI=1S/C23H21BrN2O7S/c1-4-26-21(29)18(34-23(26)25-15-7-5-6-14(11-15)22(30)32-3)10-13-8-16(24)20(17(9-13)31-2)33-12-19(27)28/h5-11H,4,12H2,1-3H3,(H,27,28). The molecule has 0 saturated carbocycles. The number of halogens is 1. The first-order chi connectivity index (χ1) is 16.3. The van der Waals surface area contributed by atoms with Crippen LogP contribution in [0.25, 0.3) is 6.08 Å². The monoisotopic (exact) mass is 548 g/mol. The minimum atomic E-state index is -1.11. The van der Waals surface area contributed by atoms with E-state index in [2.05, 4.69) is 20.9 Å². The van der Waals surface area contributed by atoms with E-state index in [4.69, 9.17) is 19.3 Å². The van der Waals surface area contributed by atoms with Gasteiger partial charge in [0.05, 0.1) is 34.8 Å². The number of carboxylic acid groups (broad SMARTS) is 1. The second-order valence-corrected chi connectivity index (χ2v) is 8.68. The summed E-state index contributed by atoms with van der Waals surface area (Å²) in [5, 5.41) is 9.35. The molecule has 2 aromatic carbocycles.